The minimum Gasteiger partial charge on any atom is -0.123 e. The average Bonchev–Trinajstić information content (AvgIpc) is 2.53. The molecule has 2 rings (SSSR count). The van der Waals surface area contributed by atoms with E-state index in [4.69, 9.17) is 23.2 Å². The van der Waals surface area contributed by atoms with Gasteiger partial charge in [0.1, 0.15) is 0 Å². The second kappa shape index (κ2) is 9.12. The van der Waals surface area contributed by atoms with E-state index in [0.29, 0.717) is 0 Å². The van der Waals surface area contributed by atoms with E-state index in [1.807, 2.05) is 12.1 Å². The molecule has 2 unspecified atom stereocenters. The minimum atomic E-state index is 0.156. The molecule has 0 bridgehead atoms. The van der Waals surface area contributed by atoms with Crippen LogP contribution in [0.1, 0.15) is 30.4 Å². The number of rotatable bonds is 8. The van der Waals surface area contributed by atoms with Gasteiger partial charge in [-0.3, -0.25) is 0 Å². The van der Waals surface area contributed by atoms with Crippen molar-refractivity contribution >= 4 is 23.2 Å². The van der Waals surface area contributed by atoms with Crippen molar-refractivity contribution in [2.75, 3.05) is 0 Å². The molecule has 0 aliphatic heterocycles. The number of hydrogen-bond donors (Lipinski definition) is 0. The highest BCUT2D eigenvalue weighted by Crippen LogP contribution is 2.20. The second-order valence-corrected chi connectivity index (χ2v) is 6.71. The number of benzene rings is 2. The molecule has 2 atom stereocenters. The van der Waals surface area contributed by atoms with Crippen LogP contribution >= 0.6 is 23.2 Å². The number of aryl methyl sites for hydroxylation is 2. The van der Waals surface area contributed by atoms with Gasteiger partial charge in [-0.05, 0) is 43.2 Å². The van der Waals surface area contributed by atoms with Crippen molar-refractivity contribution < 1.29 is 0 Å². The Kier molecular flexibility index (Phi) is 7.12. The van der Waals surface area contributed by atoms with Crippen molar-refractivity contribution in [1.29, 1.82) is 0 Å². The van der Waals surface area contributed by atoms with Crippen molar-refractivity contribution in [2.24, 2.45) is 0 Å². The van der Waals surface area contributed by atoms with Crippen LogP contribution in [0.3, 0.4) is 0 Å². The molecule has 0 spiro atoms. The zero-order valence-electron chi connectivity index (χ0n) is 12.2. The zero-order chi connectivity index (χ0) is 14.9. The molecule has 2 aromatic rings. The van der Waals surface area contributed by atoms with Gasteiger partial charge in [0.2, 0.25) is 0 Å². The first kappa shape index (κ1) is 16.4. The molecule has 0 saturated heterocycles. The summed E-state index contributed by atoms with van der Waals surface area (Å²) < 4.78 is 0. The summed E-state index contributed by atoms with van der Waals surface area (Å²) in [6.07, 6.45) is 4.90. The van der Waals surface area contributed by atoms with E-state index in [0.717, 1.165) is 32.1 Å². The maximum absolute atomic E-state index is 6.42. The second-order valence-electron chi connectivity index (χ2n) is 5.48. The molecule has 2 aromatic carbocycles. The summed E-state index contributed by atoms with van der Waals surface area (Å²) in [5.74, 6) is 0. The average molecular weight is 321 g/mol. The lowest BCUT2D eigenvalue weighted by atomic mass is 10.0. The quantitative estimate of drug-likeness (QED) is 0.534. The fourth-order valence-corrected chi connectivity index (χ4v) is 3.19. The van der Waals surface area contributed by atoms with E-state index in [1.54, 1.807) is 0 Å². The summed E-state index contributed by atoms with van der Waals surface area (Å²) in [5.41, 5.74) is 2.69. The SMILES string of the molecule is ClC(CCc1ccccc1)CC(Cl)CCc1ccccc1. The van der Waals surface area contributed by atoms with Gasteiger partial charge in [0.25, 0.3) is 0 Å². The fraction of sp³-hybridized carbons (Fsp3) is 0.368. The van der Waals surface area contributed by atoms with Gasteiger partial charge < -0.3 is 0 Å². The number of alkyl halides is 2. The lowest BCUT2D eigenvalue weighted by Gasteiger charge is -2.14. The molecule has 0 fully saturated rings. The summed E-state index contributed by atoms with van der Waals surface area (Å²) >= 11 is 12.8. The number of hydrogen-bond acceptors (Lipinski definition) is 0. The van der Waals surface area contributed by atoms with Crippen LogP contribution in [0.25, 0.3) is 0 Å². The van der Waals surface area contributed by atoms with Gasteiger partial charge in [-0.15, -0.1) is 23.2 Å². The molecule has 0 amide bonds. The van der Waals surface area contributed by atoms with Gasteiger partial charge >= 0.3 is 0 Å². The molecular weight excluding hydrogens is 299 g/mol. The largest absolute Gasteiger partial charge is 0.123 e. The van der Waals surface area contributed by atoms with Crippen LogP contribution in [0, 0.1) is 0 Å². The van der Waals surface area contributed by atoms with E-state index in [-0.39, 0.29) is 10.8 Å². The van der Waals surface area contributed by atoms with Gasteiger partial charge in [-0.2, -0.15) is 0 Å². The Labute approximate surface area is 138 Å². The molecule has 0 nitrogen and oxygen atoms in total. The highest BCUT2D eigenvalue weighted by atomic mass is 35.5. The van der Waals surface area contributed by atoms with Gasteiger partial charge in [-0.25, -0.2) is 0 Å². The standard InChI is InChI=1S/C19H22Cl2/c20-18(13-11-16-7-3-1-4-8-16)15-19(21)14-12-17-9-5-2-6-10-17/h1-10,18-19H,11-15H2. The highest BCUT2D eigenvalue weighted by molar-refractivity contribution is 6.23. The molecule has 0 N–H and O–H groups in total. The highest BCUT2D eigenvalue weighted by Gasteiger charge is 2.12. The van der Waals surface area contributed by atoms with Crippen LogP contribution in [0.15, 0.2) is 60.7 Å². The predicted molar refractivity (Wildman–Crippen MR) is 93.4 cm³/mol. The first-order valence-corrected chi connectivity index (χ1v) is 8.47. The molecule has 0 radical (unpaired) electrons. The molecule has 0 aliphatic carbocycles. The zero-order valence-corrected chi connectivity index (χ0v) is 13.7. The Morgan fingerprint density at radius 2 is 1.00 bits per heavy atom. The van der Waals surface area contributed by atoms with Crippen LogP contribution < -0.4 is 0 Å². The Morgan fingerprint density at radius 3 is 1.38 bits per heavy atom. The van der Waals surface area contributed by atoms with E-state index >= 15 is 0 Å². The Balaban J connectivity index is 1.66. The smallest absolute Gasteiger partial charge is 0.0353 e. The third kappa shape index (κ3) is 6.54. The fourth-order valence-electron chi connectivity index (χ4n) is 2.45. The third-order valence-corrected chi connectivity index (χ3v) is 4.48. The van der Waals surface area contributed by atoms with Gasteiger partial charge in [0, 0.05) is 10.8 Å². The first-order chi connectivity index (χ1) is 10.2. The van der Waals surface area contributed by atoms with Crippen molar-refractivity contribution in [3.8, 4) is 0 Å². The van der Waals surface area contributed by atoms with Crippen molar-refractivity contribution in [3.63, 3.8) is 0 Å². The Bertz CT molecular complexity index is 448. The third-order valence-electron chi connectivity index (χ3n) is 3.69. The minimum absolute atomic E-state index is 0.156. The van der Waals surface area contributed by atoms with E-state index in [1.165, 1.54) is 11.1 Å². The van der Waals surface area contributed by atoms with Crippen LogP contribution in [-0.4, -0.2) is 10.8 Å². The normalized spacial score (nSPS) is 13.8. The summed E-state index contributed by atoms with van der Waals surface area (Å²) in [6, 6.07) is 21.0. The summed E-state index contributed by atoms with van der Waals surface area (Å²) in [5, 5.41) is 0.312. The monoisotopic (exact) mass is 320 g/mol. The van der Waals surface area contributed by atoms with Gasteiger partial charge in [0.15, 0.2) is 0 Å². The van der Waals surface area contributed by atoms with Crippen molar-refractivity contribution in [3.05, 3.63) is 71.8 Å². The maximum Gasteiger partial charge on any atom is 0.0353 e. The summed E-state index contributed by atoms with van der Waals surface area (Å²) in [6.45, 7) is 0. The van der Waals surface area contributed by atoms with Crippen molar-refractivity contribution in [1.82, 2.24) is 0 Å². The topological polar surface area (TPSA) is 0 Å². The van der Waals surface area contributed by atoms with Crippen LogP contribution in [0.5, 0.6) is 0 Å². The predicted octanol–water partition coefficient (Wildman–Crippen LogP) is 5.86. The van der Waals surface area contributed by atoms with Gasteiger partial charge in [0.05, 0.1) is 0 Å². The Morgan fingerprint density at radius 1 is 0.619 bits per heavy atom. The molecule has 0 aromatic heterocycles. The lowest BCUT2D eigenvalue weighted by molar-refractivity contribution is 0.627. The van der Waals surface area contributed by atoms with Gasteiger partial charge in [-0.1, -0.05) is 60.7 Å². The first-order valence-electron chi connectivity index (χ1n) is 7.60. The van der Waals surface area contributed by atoms with Crippen LogP contribution in [0.2, 0.25) is 0 Å². The maximum atomic E-state index is 6.42. The van der Waals surface area contributed by atoms with Crippen molar-refractivity contribution in [2.45, 2.75) is 42.9 Å². The molecule has 0 saturated carbocycles. The molecular formula is C19H22Cl2. The lowest BCUT2D eigenvalue weighted by Crippen LogP contribution is -2.10. The number of halogens is 2. The molecule has 0 aliphatic rings. The Hall–Kier alpha value is -0.980. The summed E-state index contributed by atoms with van der Waals surface area (Å²) in [4.78, 5) is 0. The van der Waals surface area contributed by atoms with E-state index in [9.17, 15) is 0 Å². The van der Waals surface area contributed by atoms with E-state index < -0.39 is 0 Å². The molecule has 0 heterocycles. The van der Waals surface area contributed by atoms with Crippen LogP contribution in [-0.2, 0) is 12.8 Å². The molecule has 112 valence electrons. The summed E-state index contributed by atoms with van der Waals surface area (Å²) in [7, 11) is 0. The molecule has 2 heteroatoms. The van der Waals surface area contributed by atoms with E-state index in [2.05, 4.69) is 48.5 Å². The van der Waals surface area contributed by atoms with Crippen LogP contribution in [0.4, 0.5) is 0 Å². The molecule has 21 heavy (non-hydrogen) atoms.